The summed E-state index contributed by atoms with van der Waals surface area (Å²) < 4.78 is 6.14. The number of hydrogen-bond acceptors (Lipinski definition) is 2. The molecule has 8 unspecified atom stereocenters. The lowest BCUT2D eigenvalue weighted by Gasteiger charge is -2.36. The van der Waals surface area contributed by atoms with Gasteiger partial charge in [0, 0.05) is 12.5 Å². The van der Waals surface area contributed by atoms with Crippen molar-refractivity contribution in [3.05, 3.63) is 12.2 Å². The molecule has 2 aliphatic heterocycles. The van der Waals surface area contributed by atoms with Crippen molar-refractivity contribution in [1.82, 2.24) is 0 Å². The van der Waals surface area contributed by atoms with E-state index >= 15 is 0 Å². The molecule has 3 fully saturated rings. The molecule has 2 heteroatoms. The van der Waals surface area contributed by atoms with Crippen LogP contribution >= 0.6 is 0 Å². The predicted molar refractivity (Wildman–Crippen MR) is 56.1 cm³/mol. The van der Waals surface area contributed by atoms with Crippen LogP contribution in [0.25, 0.3) is 0 Å². The van der Waals surface area contributed by atoms with Gasteiger partial charge in [-0.2, -0.15) is 0 Å². The summed E-state index contributed by atoms with van der Waals surface area (Å²) in [6, 6.07) is 0. The second kappa shape index (κ2) is 2.67. The smallest absolute Gasteiger partial charge is 0.0670 e. The normalized spacial score (nSPS) is 64.1. The minimum atomic E-state index is 0.312. The predicted octanol–water partition coefficient (Wildman–Crippen LogP) is 1.45. The number of aliphatic hydroxyl groups excluding tert-OH is 1. The maximum absolute atomic E-state index is 9.45. The Morgan fingerprint density at radius 1 is 1.20 bits per heavy atom. The first kappa shape index (κ1) is 8.77. The summed E-state index contributed by atoms with van der Waals surface area (Å²) in [5, 5.41) is 9.45. The van der Waals surface area contributed by atoms with E-state index in [4.69, 9.17) is 4.74 Å². The van der Waals surface area contributed by atoms with Crippen molar-refractivity contribution in [1.29, 1.82) is 0 Å². The molecule has 4 aliphatic rings. The highest BCUT2D eigenvalue weighted by Gasteiger charge is 2.64. The first-order valence-electron chi connectivity index (χ1n) is 6.26. The fraction of sp³-hybridized carbons (Fsp3) is 0.846. The molecule has 2 saturated heterocycles. The summed E-state index contributed by atoms with van der Waals surface area (Å²) in [4.78, 5) is 0. The molecule has 15 heavy (non-hydrogen) atoms. The highest BCUT2D eigenvalue weighted by atomic mass is 16.5. The van der Waals surface area contributed by atoms with Gasteiger partial charge in [0.1, 0.15) is 0 Å². The zero-order valence-electron chi connectivity index (χ0n) is 9.04. The molecule has 4 bridgehead atoms. The largest absolute Gasteiger partial charge is 0.396 e. The van der Waals surface area contributed by atoms with Gasteiger partial charge in [-0.05, 0) is 36.0 Å². The van der Waals surface area contributed by atoms with Gasteiger partial charge in [0.2, 0.25) is 0 Å². The Morgan fingerprint density at radius 2 is 1.87 bits per heavy atom. The van der Waals surface area contributed by atoms with Gasteiger partial charge in [0.05, 0.1) is 12.2 Å². The topological polar surface area (TPSA) is 29.5 Å². The Kier molecular flexibility index (Phi) is 1.56. The first-order valence-corrected chi connectivity index (χ1v) is 6.26. The molecule has 1 N–H and O–H groups in total. The summed E-state index contributed by atoms with van der Waals surface area (Å²) in [7, 11) is 0. The van der Waals surface area contributed by atoms with E-state index < -0.39 is 0 Å². The van der Waals surface area contributed by atoms with Crippen LogP contribution in [-0.4, -0.2) is 23.9 Å². The molecule has 2 nitrogen and oxygen atoms in total. The van der Waals surface area contributed by atoms with Crippen LogP contribution in [0.15, 0.2) is 12.2 Å². The molecule has 1 saturated carbocycles. The molecule has 0 radical (unpaired) electrons. The molecular weight excluding hydrogens is 188 g/mol. The maximum atomic E-state index is 9.45. The van der Waals surface area contributed by atoms with Crippen LogP contribution in [0, 0.1) is 35.5 Å². The van der Waals surface area contributed by atoms with Gasteiger partial charge in [-0.25, -0.2) is 0 Å². The van der Waals surface area contributed by atoms with Gasteiger partial charge in [0.15, 0.2) is 0 Å². The minimum Gasteiger partial charge on any atom is -0.396 e. The molecule has 0 aromatic rings. The van der Waals surface area contributed by atoms with Crippen molar-refractivity contribution in [3.63, 3.8) is 0 Å². The van der Waals surface area contributed by atoms with Crippen LogP contribution in [0.2, 0.25) is 0 Å². The van der Waals surface area contributed by atoms with Crippen molar-refractivity contribution < 1.29 is 9.84 Å². The maximum Gasteiger partial charge on any atom is 0.0670 e. The standard InChI is InChI=1S/C13H18O2/c1-6-9(5-14)13-11-8-3-2-7(4-8)10(11)12(6)15-13/h2-3,6-14H,4-5H2,1H3. The summed E-state index contributed by atoms with van der Waals surface area (Å²) in [5.74, 6) is 4.03. The minimum absolute atomic E-state index is 0.312. The molecule has 82 valence electrons. The second-order valence-electron chi connectivity index (χ2n) is 5.87. The Morgan fingerprint density at radius 3 is 2.53 bits per heavy atom. The summed E-state index contributed by atoms with van der Waals surface area (Å²) in [5.41, 5.74) is 0. The zero-order valence-corrected chi connectivity index (χ0v) is 9.04. The molecule has 4 rings (SSSR count). The third-order valence-electron chi connectivity index (χ3n) is 5.48. The van der Waals surface area contributed by atoms with Crippen molar-refractivity contribution in [3.8, 4) is 0 Å². The van der Waals surface area contributed by atoms with Crippen LogP contribution < -0.4 is 0 Å². The molecule has 2 aliphatic carbocycles. The fourth-order valence-electron chi connectivity index (χ4n) is 4.86. The average Bonchev–Trinajstić information content (AvgIpc) is 2.94. The van der Waals surface area contributed by atoms with E-state index in [2.05, 4.69) is 19.1 Å². The highest BCUT2D eigenvalue weighted by Crippen LogP contribution is 2.62. The van der Waals surface area contributed by atoms with E-state index in [1.165, 1.54) is 6.42 Å². The monoisotopic (exact) mass is 206 g/mol. The fourth-order valence-corrected chi connectivity index (χ4v) is 4.86. The number of fused-ring (bicyclic) bond motifs is 9. The molecular formula is C13H18O2. The Labute approximate surface area is 90.3 Å². The number of allylic oxidation sites excluding steroid dienone is 2. The van der Waals surface area contributed by atoms with E-state index in [0.717, 1.165) is 23.7 Å². The lowest BCUT2D eigenvalue weighted by Crippen LogP contribution is -2.41. The molecule has 0 aromatic carbocycles. The molecule has 8 atom stereocenters. The van der Waals surface area contributed by atoms with Crippen LogP contribution in [0.5, 0.6) is 0 Å². The van der Waals surface area contributed by atoms with E-state index in [1.807, 2.05) is 0 Å². The van der Waals surface area contributed by atoms with Crippen LogP contribution in [0.4, 0.5) is 0 Å². The molecule has 0 amide bonds. The van der Waals surface area contributed by atoms with Gasteiger partial charge in [-0.3, -0.25) is 0 Å². The Bertz CT molecular complexity index is 324. The van der Waals surface area contributed by atoms with E-state index in [1.54, 1.807) is 0 Å². The number of hydrogen-bond donors (Lipinski definition) is 1. The zero-order chi connectivity index (χ0) is 10.2. The molecule has 0 aromatic heterocycles. The van der Waals surface area contributed by atoms with Crippen LogP contribution in [0.1, 0.15) is 13.3 Å². The Balaban J connectivity index is 1.73. The van der Waals surface area contributed by atoms with Gasteiger partial charge >= 0.3 is 0 Å². The summed E-state index contributed by atoms with van der Waals surface area (Å²) >= 11 is 0. The van der Waals surface area contributed by atoms with Crippen LogP contribution in [0.3, 0.4) is 0 Å². The third kappa shape index (κ3) is 0.853. The second-order valence-corrected chi connectivity index (χ2v) is 5.87. The van der Waals surface area contributed by atoms with Gasteiger partial charge in [-0.1, -0.05) is 19.1 Å². The number of ether oxygens (including phenoxy) is 1. The highest BCUT2D eigenvalue weighted by molar-refractivity contribution is 5.22. The van der Waals surface area contributed by atoms with Crippen molar-refractivity contribution in [2.75, 3.05) is 6.61 Å². The van der Waals surface area contributed by atoms with Gasteiger partial charge in [0.25, 0.3) is 0 Å². The third-order valence-corrected chi connectivity index (χ3v) is 5.48. The van der Waals surface area contributed by atoms with Crippen molar-refractivity contribution in [2.45, 2.75) is 25.6 Å². The number of aliphatic hydroxyl groups is 1. The summed E-state index contributed by atoms with van der Waals surface area (Å²) in [6.07, 6.45) is 6.97. The van der Waals surface area contributed by atoms with Crippen molar-refractivity contribution in [2.24, 2.45) is 35.5 Å². The van der Waals surface area contributed by atoms with E-state index in [0.29, 0.717) is 30.7 Å². The molecule has 0 spiro atoms. The first-order chi connectivity index (χ1) is 7.31. The van der Waals surface area contributed by atoms with E-state index in [9.17, 15) is 5.11 Å². The van der Waals surface area contributed by atoms with Gasteiger partial charge < -0.3 is 9.84 Å². The quantitative estimate of drug-likeness (QED) is 0.658. The lowest BCUT2D eigenvalue weighted by atomic mass is 9.65. The van der Waals surface area contributed by atoms with Gasteiger partial charge in [-0.15, -0.1) is 0 Å². The Hall–Kier alpha value is -0.340. The van der Waals surface area contributed by atoms with Crippen LogP contribution in [-0.2, 0) is 4.74 Å². The van der Waals surface area contributed by atoms with E-state index in [-0.39, 0.29) is 0 Å². The SMILES string of the molecule is CC1C(CO)C2OC1C1C3C=CC(C3)C21. The number of rotatable bonds is 1. The van der Waals surface area contributed by atoms with Crippen molar-refractivity contribution >= 4 is 0 Å². The lowest BCUT2D eigenvalue weighted by molar-refractivity contribution is 0.0504. The molecule has 2 heterocycles. The average molecular weight is 206 g/mol. The summed E-state index contributed by atoms with van der Waals surface area (Å²) in [6.45, 7) is 2.57.